The first-order chi connectivity index (χ1) is 12.2. The van der Waals surface area contributed by atoms with Crippen LogP contribution in [-0.2, 0) is 16.1 Å². The van der Waals surface area contributed by atoms with Crippen LogP contribution in [0, 0.1) is 5.92 Å². The van der Waals surface area contributed by atoms with E-state index in [-0.39, 0.29) is 12.0 Å². The van der Waals surface area contributed by atoms with Gasteiger partial charge in [-0.2, -0.15) is 0 Å². The lowest BCUT2D eigenvalue weighted by molar-refractivity contribution is -0.116. The van der Waals surface area contributed by atoms with Crippen LogP contribution in [0.3, 0.4) is 0 Å². The minimum atomic E-state index is 0.0661. The summed E-state index contributed by atoms with van der Waals surface area (Å²) in [5.74, 6) is 0.530. The number of aliphatic hydroxyl groups excluding tert-OH is 1. The van der Waals surface area contributed by atoms with Crippen LogP contribution in [0.15, 0.2) is 24.3 Å². The topological polar surface area (TPSA) is 61.8 Å². The molecule has 138 valence electrons. The Morgan fingerprint density at radius 1 is 1.28 bits per heavy atom. The van der Waals surface area contributed by atoms with Crippen molar-refractivity contribution < 1.29 is 14.6 Å². The van der Waals surface area contributed by atoms with Crippen LogP contribution >= 0.6 is 0 Å². The van der Waals surface area contributed by atoms with Crippen molar-refractivity contribution in [2.24, 2.45) is 5.92 Å². The molecule has 2 fully saturated rings. The fourth-order valence-electron chi connectivity index (χ4n) is 3.72. The number of nitrogens with one attached hydrogen (secondary N) is 1. The Bertz CT molecular complexity index is 550. The lowest BCUT2D eigenvalue weighted by Crippen LogP contribution is -2.34. The third kappa shape index (κ3) is 5.80. The molecular weight excluding hydrogens is 316 g/mol. The predicted octanol–water partition coefficient (Wildman–Crippen LogP) is 2.79. The molecule has 2 aliphatic rings. The summed E-state index contributed by atoms with van der Waals surface area (Å²) in [6.07, 6.45) is 5.92. The van der Waals surface area contributed by atoms with Crippen molar-refractivity contribution in [2.45, 2.75) is 51.2 Å². The molecule has 3 rings (SSSR count). The smallest absolute Gasteiger partial charge is 0.224 e. The van der Waals surface area contributed by atoms with Gasteiger partial charge in [-0.25, -0.2) is 0 Å². The highest BCUT2D eigenvalue weighted by atomic mass is 16.5. The lowest BCUT2D eigenvalue weighted by Gasteiger charge is -2.31. The maximum atomic E-state index is 12.1. The number of piperidine rings is 1. The molecule has 0 bridgehead atoms. The number of hydrogen-bond acceptors (Lipinski definition) is 4. The first kappa shape index (κ1) is 18.4. The Hall–Kier alpha value is -1.43. The van der Waals surface area contributed by atoms with Crippen LogP contribution in [0.1, 0.15) is 44.1 Å². The van der Waals surface area contributed by atoms with Gasteiger partial charge in [0.2, 0.25) is 5.91 Å². The van der Waals surface area contributed by atoms with Gasteiger partial charge in [0.1, 0.15) is 0 Å². The van der Waals surface area contributed by atoms with Crippen molar-refractivity contribution in [1.29, 1.82) is 0 Å². The van der Waals surface area contributed by atoms with Crippen molar-refractivity contribution in [2.75, 3.05) is 31.6 Å². The zero-order chi connectivity index (χ0) is 17.5. The van der Waals surface area contributed by atoms with Gasteiger partial charge in [-0.05, 0) is 68.8 Å². The number of carbonyl (C=O) groups excluding carboxylic acids is 1. The number of carbonyl (C=O) groups is 1. The highest BCUT2D eigenvalue weighted by Gasteiger charge is 2.19. The molecule has 2 heterocycles. The van der Waals surface area contributed by atoms with E-state index in [0.29, 0.717) is 18.9 Å². The Balaban J connectivity index is 1.45. The predicted molar refractivity (Wildman–Crippen MR) is 98.4 cm³/mol. The summed E-state index contributed by atoms with van der Waals surface area (Å²) in [4.78, 5) is 14.6. The molecule has 1 unspecified atom stereocenters. The van der Waals surface area contributed by atoms with E-state index in [1.165, 1.54) is 5.56 Å². The van der Waals surface area contributed by atoms with Crippen molar-refractivity contribution in [3.63, 3.8) is 0 Å². The minimum Gasteiger partial charge on any atom is -0.396 e. The molecule has 1 amide bonds. The molecule has 5 heteroatoms. The van der Waals surface area contributed by atoms with Gasteiger partial charge in [-0.3, -0.25) is 9.69 Å². The Morgan fingerprint density at radius 2 is 2.12 bits per heavy atom. The summed E-state index contributed by atoms with van der Waals surface area (Å²) in [6, 6.07) is 8.14. The second kappa shape index (κ2) is 9.32. The second-order valence-corrected chi connectivity index (χ2v) is 7.32. The maximum Gasteiger partial charge on any atom is 0.224 e. The third-order valence-corrected chi connectivity index (χ3v) is 5.30. The Labute approximate surface area is 150 Å². The Kier molecular flexibility index (Phi) is 6.84. The van der Waals surface area contributed by atoms with Crippen LogP contribution in [0.4, 0.5) is 5.69 Å². The van der Waals surface area contributed by atoms with Gasteiger partial charge in [0.25, 0.3) is 0 Å². The van der Waals surface area contributed by atoms with E-state index in [1.807, 2.05) is 12.1 Å². The number of amides is 1. The molecular formula is C20H30N2O3. The maximum absolute atomic E-state index is 12.1. The van der Waals surface area contributed by atoms with Gasteiger partial charge in [-0.15, -0.1) is 0 Å². The van der Waals surface area contributed by atoms with Crippen molar-refractivity contribution in [3.05, 3.63) is 29.8 Å². The van der Waals surface area contributed by atoms with Crippen molar-refractivity contribution in [3.8, 4) is 0 Å². The molecule has 0 aliphatic carbocycles. The highest BCUT2D eigenvalue weighted by molar-refractivity contribution is 5.90. The SMILES string of the molecule is O=C(CCC1CCCO1)Nc1cccc(CN2CCC(CO)CC2)c1. The van der Waals surface area contributed by atoms with Crippen LogP contribution in [0.5, 0.6) is 0 Å². The van der Waals surface area contributed by atoms with Crippen LogP contribution < -0.4 is 5.32 Å². The molecule has 1 atom stereocenters. The fraction of sp³-hybridized carbons (Fsp3) is 0.650. The van der Waals surface area contributed by atoms with Gasteiger partial charge in [0.15, 0.2) is 0 Å². The van der Waals surface area contributed by atoms with E-state index in [0.717, 1.165) is 64.0 Å². The van der Waals surface area contributed by atoms with Gasteiger partial charge in [-0.1, -0.05) is 12.1 Å². The monoisotopic (exact) mass is 346 g/mol. The van der Waals surface area contributed by atoms with Crippen molar-refractivity contribution >= 4 is 11.6 Å². The quantitative estimate of drug-likeness (QED) is 0.797. The molecule has 1 aromatic carbocycles. The number of likely N-dealkylation sites (tertiary alicyclic amines) is 1. The number of rotatable bonds is 7. The summed E-state index contributed by atoms with van der Waals surface area (Å²) in [5, 5.41) is 12.2. The largest absolute Gasteiger partial charge is 0.396 e. The lowest BCUT2D eigenvalue weighted by atomic mass is 9.97. The van der Waals surface area contributed by atoms with Gasteiger partial charge < -0.3 is 15.2 Å². The van der Waals surface area contributed by atoms with Gasteiger partial charge in [0.05, 0.1) is 6.10 Å². The summed E-state index contributed by atoms with van der Waals surface area (Å²) in [6.45, 7) is 4.11. The number of aliphatic hydroxyl groups is 1. The zero-order valence-electron chi connectivity index (χ0n) is 15.0. The van der Waals surface area contributed by atoms with E-state index in [4.69, 9.17) is 4.74 Å². The molecule has 0 aromatic heterocycles. The van der Waals surface area contributed by atoms with E-state index >= 15 is 0 Å². The first-order valence-corrected chi connectivity index (χ1v) is 9.56. The summed E-state index contributed by atoms with van der Waals surface area (Å²) < 4.78 is 5.57. The summed E-state index contributed by atoms with van der Waals surface area (Å²) in [5.41, 5.74) is 2.10. The van der Waals surface area contributed by atoms with E-state index in [9.17, 15) is 9.90 Å². The molecule has 0 radical (unpaired) electrons. The average Bonchev–Trinajstić information content (AvgIpc) is 3.15. The number of anilines is 1. The number of hydrogen-bond donors (Lipinski definition) is 2. The third-order valence-electron chi connectivity index (χ3n) is 5.30. The normalized spacial score (nSPS) is 22.2. The zero-order valence-corrected chi connectivity index (χ0v) is 15.0. The molecule has 0 saturated carbocycles. The number of nitrogens with zero attached hydrogens (tertiary/aromatic N) is 1. The van der Waals surface area contributed by atoms with E-state index in [2.05, 4.69) is 22.3 Å². The molecule has 25 heavy (non-hydrogen) atoms. The number of ether oxygens (including phenoxy) is 1. The molecule has 0 spiro atoms. The molecule has 2 saturated heterocycles. The standard InChI is InChI=1S/C20H30N2O3/c23-15-16-8-10-22(11-9-16)14-17-3-1-4-18(13-17)21-20(24)7-6-19-5-2-12-25-19/h1,3-4,13,16,19,23H,2,5-12,14-15H2,(H,21,24). The minimum absolute atomic E-state index is 0.0661. The fourth-order valence-corrected chi connectivity index (χ4v) is 3.72. The molecule has 2 aliphatic heterocycles. The van der Waals surface area contributed by atoms with Crippen LogP contribution in [0.2, 0.25) is 0 Å². The second-order valence-electron chi connectivity index (χ2n) is 7.32. The average molecular weight is 346 g/mol. The number of benzene rings is 1. The van der Waals surface area contributed by atoms with Crippen LogP contribution in [0.25, 0.3) is 0 Å². The molecule has 1 aromatic rings. The summed E-state index contributed by atoms with van der Waals surface area (Å²) in [7, 11) is 0. The molecule has 5 nitrogen and oxygen atoms in total. The van der Waals surface area contributed by atoms with E-state index in [1.54, 1.807) is 0 Å². The van der Waals surface area contributed by atoms with Gasteiger partial charge in [0, 0.05) is 31.9 Å². The molecule has 2 N–H and O–H groups in total. The van der Waals surface area contributed by atoms with E-state index < -0.39 is 0 Å². The first-order valence-electron chi connectivity index (χ1n) is 9.56. The van der Waals surface area contributed by atoms with Crippen LogP contribution in [-0.4, -0.2) is 48.3 Å². The Morgan fingerprint density at radius 3 is 2.84 bits per heavy atom. The summed E-state index contributed by atoms with van der Waals surface area (Å²) >= 11 is 0. The highest BCUT2D eigenvalue weighted by Crippen LogP contribution is 2.20. The van der Waals surface area contributed by atoms with Crippen molar-refractivity contribution in [1.82, 2.24) is 4.90 Å². The van der Waals surface area contributed by atoms with Gasteiger partial charge >= 0.3 is 0 Å².